The van der Waals surface area contributed by atoms with Crippen molar-refractivity contribution in [1.82, 2.24) is 4.57 Å². The molecular formula is C17H27NSi. The first kappa shape index (κ1) is 14.4. The van der Waals surface area contributed by atoms with Crippen LogP contribution >= 0.6 is 0 Å². The number of nitrogens with zero attached hydrogens (tertiary/aromatic N) is 1. The molecule has 0 spiro atoms. The topological polar surface area (TPSA) is 4.93 Å². The predicted octanol–water partition coefficient (Wildman–Crippen LogP) is 5.23. The van der Waals surface area contributed by atoms with E-state index in [1.54, 1.807) is 5.56 Å². The maximum atomic E-state index is 2.41. The molecule has 2 aromatic rings. The SMILES string of the molecule is CC[Si](CC)(CC)CCc1cn(C)c2ccccc12. The van der Waals surface area contributed by atoms with E-state index < -0.39 is 8.07 Å². The number of hydrogen-bond acceptors (Lipinski definition) is 0. The molecule has 0 saturated heterocycles. The Morgan fingerprint density at radius 2 is 1.63 bits per heavy atom. The summed E-state index contributed by atoms with van der Waals surface area (Å²) in [6.45, 7) is 7.22. The van der Waals surface area contributed by atoms with Gasteiger partial charge in [0.2, 0.25) is 0 Å². The van der Waals surface area contributed by atoms with Gasteiger partial charge in [-0.2, -0.15) is 0 Å². The minimum atomic E-state index is -0.988. The molecule has 1 heterocycles. The van der Waals surface area contributed by atoms with Crippen molar-refractivity contribution in [3.63, 3.8) is 0 Å². The molecule has 2 rings (SSSR count). The molecule has 0 unspecified atom stereocenters. The zero-order valence-electron chi connectivity index (χ0n) is 12.9. The minimum Gasteiger partial charge on any atom is -0.350 e. The molecule has 0 aliphatic carbocycles. The second-order valence-electron chi connectivity index (χ2n) is 5.84. The van der Waals surface area contributed by atoms with E-state index in [9.17, 15) is 0 Å². The fraction of sp³-hybridized carbons (Fsp3) is 0.529. The molecule has 0 aliphatic rings. The summed E-state index contributed by atoms with van der Waals surface area (Å²) in [5, 5.41) is 1.45. The summed E-state index contributed by atoms with van der Waals surface area (Å²) in [4.78, 5) is 0. The van der Waals surface area contributed by atoms with Crippen LogP contribution in [0.25, 0.3) is 10.9 Å². The fourth-order valence-electron chi connectivity index (χ4n) is 3.30. The number of aryl methyl sites for hydroxylation is 2. The average molecular weight is 273 g/mol. The fourth-order valence-corrected chi connectivity index (χ4v) is 6.67. The van der Waals surface area contributed by atoms with E-state index in [-0.39, 0.29) is 0 Å². The highest BCUT2D eigenvalue weighted by atomic mass is 28.3. The largest absolute Gasteiger partial charge is 0.350 e. The van der Waals surface area contributed by atoms with Crippen molar-refractivity contribution in [3.8, 4) is 0 Å². The third kappa shape index (κ3) is 2.79. The van der Waals surface area contributed by atoms with Crippen LogP contribution in [0.2, 0.25) is 24.2 Å². The van der Waals surface area contributed by atoms with E-state index >= 15 is 0 Å². The quantitative estimate of drug-likeness (QED) is 0.635. The van der Waals surface area contributed by atoms with Crippen LogP contribution in [-0.2, 0) is 13.5 Å². The van der Waals surface area contributed by atoms with E-state index in [0.29, 0.717) is 0 Å². The standard InChI is InChI=1S/C17H27NSi/c1-5-19(6-2,7-3)13-12-15-14-18(4)17-11-9-8-10-16(15)17/h8-11,14H,5-7,12-13H2,1-4H3. The van der Waals surface area contributed by atoms with Gasteiger partial charge in [-0.15, -0.1) is 0 Å². The second-order valence-corrected chi connectivity index (χ2v) is 11.5. The zero-order chi connectivity index (χ0) is 13.9. The van der Waals surface area contributed by atoms with Crippen molar-refractivity contribution >= 4 is 19.0 Å². The summed E-state index contributed by atoms with van der Waals surface area (Å²) >= 11 is 0. The molecule has 1 nitrogen and oxygen atoms in total. The Bertz CT molecular complexity index is 529. The molecule has 0 saturated carbocycles. The lowest BCUT2D eigenvalue weighted by atomic mass is 10.1. The minimum absolute atomic E-state index is 0.988. The van der Waals surface area contributed by atoms with Crippen LogP contribution in [-0.4, -0.2) is 12.6 Å². The van der Waals surface area contributed by atoms with Gasteiger partial charge in [0.15, 0.2) is 0 Å². The van der Waals surface area contributed by atoms with Gasteiger partial charge < -0.3 is 4.57 Å². The van der Waals surface area contributed by atoms with E-state index in [0.717, 1.165) is 0 Å². The van der Waals surface area contributed by atoms with Crippen LogP contribution in [0.15, 0.2) is 30.5 Å². The lowest BCUT2D eigenvalue weighted by molar-refractivity contribution is 0.947. The normalized spacial score (nSPS) is 12.2. The number of hydrogen-bond donors (Lipinski definition) is 0. The van der Waals surface area contributed by atoms with Gasteiger partial charge in [-0.3, -0.25) is 0 Å². The van der Waals surface area contributed by atoms with Crippen molar-refractivity contribution in [3.05, 3.63) is 36.0 Å². The van der Waals surface area contributed by atoms with Crippen molar-refractivity contribution in [1.29, 1.82) is 0 Å². The smallest absolute Gasteiger partial charge is 0.0530 e. The third-order valence-corrected chi connectivity index (χ3v) is 11.0. The molecule has 1 aromatic heterocycles. The summed E-state index contributed by atoms with van der Waals surface area (Å²) in [7, 11) is 1.18. The summed E-state index contributed by atoms with van der Waals surface area (Å²) in [6.07, 6.45) is 3.61. The highest BCUT2D eigenvalue weighted by Crippen LogP contribution is 2.29. The Labute approximate surface area is 118 Å². The molecule has 2 heteroatoms. The first-order valence-electron chi connectivity index (χ1n) is 7.68. The number of rotatable bonds is 6. The van der Waals surface area contributed by atoms with Gasteiger partial charge in [0, 0.05) is 24.1 Å². The Morgan fingerprint density at radius 1 is 1.00 bits per heavy atom. The highest BCUT2D eigenvalue weighted by Gasteiger charge is 2.26. The first-order valence-corrected chi connectivity index (χ1v) is 10.5. The van der Waals surface area contributed by atoms with E-state index in [2.05, 4.69) is 62.8 Å². The van der Waals surface area contributed by atoms with Crippen molar-refractivity contribution in [2.24, 2.45) is 7.05 Å². The monoisotopic (exact) mass is 273 g/mol. The predicted molar refractivity (Wildman–Crippen MR) is 88.6 cm³/mol. The molecular weight excluding hydrogens is 246 g/mol. The van der Waals surface area contributed by atoms with E-state index in [1.807, 2.05) is 0 Å². The maximum Gasteiger partial charge on any atom is 0.0530 e. The number of para-hydroxylation sites is 1. The number of benzene rings is 1. The molecule has 0 fully saturated rings. The zero-order valence-corrected chi connectivity index (χ0v) is 13.9. The van der Waals surface area contributed by atoms with Gasteiger partial charge in [0.1, 0.15) is 0 Å². The van der Waals surface area contributed by atoms with Crippen LogP contribution in [0, 0.1) is 0 Å². The van der Waals surface area contributed by atoms with Crippen molar-refractivity contribution in [2.45, 2.75) is 51.4 Å². The van der Waals surface area contributed by atoms with Crippen LogP contribution in [0.1, 0.15) is 26.3 Å². The molecule has 19 heavy (non-hydrogen) atoms. The van der Waals surface area contributed by atoms with Crippen LogP contribution < -0.4 is 0 Å². The van der Waals surface area contributed by atoms with Gasteiger partial charge in [-0.05, 0) is 18.1 Å². The lowest BCUT2D eigenvalue weighted by Gasteiger charge is -2.27. The van der Waals surface area contributed by atoms with E-state index in [4.69, 9.17) is 0 Å². The Morgan fingerprint density at radius 3 is 2.26 bits per heavy atom. The lowest BCUT2D eigenvalue weighted by Crippen LogP contribution is -2.31. The van der Waals surface area contributed by atoms with Gasteiger partial charge in [-0.25, -0.2) is 0 Å². The molecule has 104 valence electrons. The number of aromatic nitrogens is 1. The molecule has 0 radical (unpaired) electrons. The van der Waals surface area contributed by atoms with E-state index in [1.165, 1.54) is 41.5 Å². The Balaban J connectivity index is 2.22. The van der Waals surface area contributed by atoms with Gasteiger partial charge >= 0.3 is 0 Å². The van der Waals surface area contributed by atoms with Gasteiger partial charge in [0.05, 0.1) is 8.07 Å². The summed E-state index contributed by atoms with van der Waals surface area (Å²) < 4.78 is 2.28. The van der Waals surface area contributed by atoms with Crippen LogP contribution in [0.4, 0.5) is 0 Å². The maximum absolute atomic E-state index is 2.41. The molecule has 0 bridgehead atoms. The summed E-state index contributed by atoms with van der Waals surface area (Å²) in [5.74, 6) is 0. The summed E-state index contributed by atoms with van der Waals surface area (Å²) in [5.41, 5.74) is 2.92. The van der Waals surface area contributed by atoms with Crippen molar-refractivity contribution in [2.75, 3.05) is 0 Å². The second kappa shape index (κ2) is 5.95. The Kier molecular flexibility index (Phi) is 4.51. The van der Waals surface area contributed by atoms with Gasteiger partial charge in [0.25, 0.3) is 0 Å². The molecule has 0 aliphatic heterocycles. The van der Waals surface area contributed by atoms with Crippen molar-refractivity contribution < 1.29 is 0 Å². The van der Waals surface area contributed by atoms with Gasteiger partial charge in [-0.1, -0.05) is 63.1 Å². The van der Waals surface area contributed by atoms with Crippen LogP contribution in [0.5, 0.6) is 0 Å². The molecule has 1 aromatic carbocycles. The first-order chi connectivity index (χ1) is 9.15. The molecule has 0 N–H and O–H groups in total. The van der Waals surface area contributed by atoms with Crippen LogP contribution in [0.3, 0.4) is 0 Å². The molecule has 0 atom stereocenters. The summed E-state index contributed by atoms with van der Waals surface area (Å²) in [6, 6.07) is 14.6. The Hall–Kier alpha value is -1.02. The highest BCUT2D eigenvalue weighted by molar-refractivity contribution is 6.79. The molecule has 0 amide bonds. The third-order valence-electron chi connectivity index (χ3n) is 5.15. The average Bonchev–Trinajstić information content (AvgIpc) is 2.78. The number of fused-ring (bicyclic) bond motifs is 1.